The summed E-state index contributed by atoms with van der Waals surface area (Å²) in [4.78, 5) is 12.9. The van der Waals surface area contributed by atoms with Gasteiger partial charge in [0.05, 0.1) is 32.7 Å². The number of hydrogen-bond donors (Lipinski definition) is 1. The molecule has 7 nitrogen and oxygen atoms in total. The quantitative estimate of drug-likeness (QED) is 0.672. The number of carbonyl (C=O) groups excluding carboxylic acids is 1. The third-order valence-corrected chi connectivity index (χ3v) is 4.29. The van der Waals surface area contributed by atoms with Crippen molar-refractivity contribution in [3.05, 3.63) is 58.7 Å². The summed E-state index contributed by atoms with van der Waals surface area (Å²) in [5, 5.41) is 7.89. The molecule has 0 bridgehead atoms. The SMILES string of the molecule is COc1cc(C(=O)Nc2cc(C)nn2-c2cccc(Cl)c2)cc(OC)c1OC. The fourth-order valence-electron chi connectivity index (χ4n) is 2.79. The summed E-state index contributed by atoms with van der Waals surface area (Å²) in [6.45, 7) is 1.84. The zero-order valence-corrected chi connectivity index (χ0v) is 16.7. The van der Waals surface area contributed by atoms with Crippen LogP contribution < -0.4 is 19.5 Å². The molecule has 0 saturated carbocycles. The molecule has 1 N–H and O–H groups in total. The maximum atomic E-state index is 12.9. The molecule has 146 valence electrons. The standard InChI is InChI=1S/C20H20ClN3O4/c1-12-8-18(24(23-12)15-7-5-6-14(21)11-15)22-20(25)13-9-16(26-2)19(28-4)17(10-13)27-3/h5-11H,1-4H3,(H,22,25). The first-order valence-corrected chi connectivity index (χ1v) is 8.78. The molecule has 28 heavy (non-hydrogen) atoms. The smallest absolute Gasteiger partial charge is 0.257 e. The van der Waals surface area contributed by atoms with Crippen LogP contribution in [-0.4, -0.2) is 37.0 Å². The minimum atomic E-state index is -0.345. The lowest BCUT2D eigenvalue weighted by molar-refractivity contribution is 0.102. The van der Waals surface area contributed by atoms with E-state index in [-0.39, 0.29) is 5.91 Å². The molecule has 0 atom stereocenters. The molecule has 2 aromatic carbocycles. The number of carbonyl (C=O) groups is 1. The van der Waals surface area contributed by atoms with Crippen LogP contribution in [0.5, 0.6) is 17.2 Å². The molecule has 0 unspecified atom stereocenters. The Hall–Kier alpha value is -3.19. The van der Waals surface area contributed by atoms with E-state index in [2.05, 4.69) is 10.4 Å². The Morgan fingerprint density at radius 1 is 1.04 bits per heavy atom. The van der Waals surface area contributed by atoms with Gasteiger partial charge in [-0.25, -0.2) is 4.68 Å². The van der Waals surface area contributed by atoms with E-state index >= 15 is 0 Å². The molecule has 8 heteroatoms. The molecule has 0 saturated heterocycles. The molecule has 3 rings (SSSR count). The van der Waals surface area contributed by atoms with Crippen LogP contribution in [0, 0.1) is 6.92 Å². The first-order chi connectivity index (χ1) is 13.5. The number of anilines is 1. The van der Waals surface area contributed by atoms with E-state index in [1.165, 1.54) is 21.3 Å². The van der Waals surface area contributed by atoms with Gasteiger partial charge in [0, 0.05) is 16.7 Å². The van der Waals surface area contributed by atoms with Gasteiger partial charge in [0.15, 0.2) is 11.5 Å². The zero-order valence-electron chi connectivity index (χ0n) is 15.9. The van der Waals surface area contributed by atoms with Gasteiger partial charge in [0.1, 0.15) is 5.82 Å². The zero-order chi connectivity index (χ0) is 20.3. The predicted octanol–water partition coefficient (Wildman–Crippen LogP) is 4.11. The molecule has 1 heterocycles. The summed E-state index contributed by atoms with van der Waals surface area (Å²) >= 11 is 6.08. The molecule has 0 spiro atoms. The highest BCUT2D eigenvalue weighted by atomic mass is 35.5. The van der Waals surface area contributed by atoms with Gasteiger partial charge in [-0.05, 0) is 37.3 Å². The molecule has 0 radical (unpaired) electrons. The monoisotopic (exact) mass is 401 g/mol. The van der Waals surface area contributed by atoms with Crippen molar-refractivity contribution in [2.45, 2.75) is 6.92 Å². The number of methoxy groups -OCH3 is 3. The van der Waals surface area contributed by atoms with Crippen molar-refractivity contribution < 1.29 is 19.0 Å². The van der Waals surface area contributed by atoms with Crippen molar-refractivity contribution in [2.75, 3.05) is 26.6 Å². The van der Waals surface area contributed by atoms with Crippen molar-refractivity contribution >= 4 is 23.3 Å². The minimum absolute atomic E-state index is 0.345. The second kappa shape index (κ2) is 8.22. The summed E-state index contributed by atoms with van der Waals surface area (Å²) < 4.78 is 17.5. The van der Waals surface area contributed by atoms with Crippen LogP contribution in [-0.2, 0) is 0 Å². The molecule has 0 aliphatic carbocycles. The summed E-state index contributed by atoms with van der Waals surface area (Å²) in [5.74, 6) is 1.38. The average Bonchev–Trinajstić information content (AvgIpc) is 3.06. The summed E-state index contributed by atoms with van der Waals surface area (Å²) in [7, 11) is 4.50. The number of amides is 1. The van der Waals surface area contributed by atoms with E-state index < -0.39 is 0 Å². The predicted molar refractivity (Wildman–Crippen MR) is 107 cm³/mol. The molecule has 0 fully saturated rings. The maximum Gasteiger partial charge on any atom is 0.257 e. The number of ether oxygens (including phenoxy) is 3. The van der Waals surface area contributed by atoms with E-state index in [4.69, 9.17) is 25.8 Å². The third kappa shape index (κ3) is 3.89. The lowest BCUT2D eigenvalue weighted by Gasteiger charge is -2.14. The van der Waals surface area contributed by atoms with E-state index in [0.29, 0.717) is 33.7 Å². The topological polar surface area (TPSA) is 74.6 Å². The number of hydrogen-bond acceptors (Lipinski definition) is 5. The van der Waals surface area contributed by atoms with Crippen LogP contribution in [0.25, 0.3) is 5.69 Å². The van der Waals surface area contributed by atoms with Gasteiger partial charge in [-0.2, -0.15) is 5.10 Å². The molecule has 0 aliphatic heterocycles. The van der Waals surface area contributed by atoms with Crippen molar-refractivity contribution in [1.82, 2.24) is 9.78 Å². The maximum absolute atomic E-state index is 12.9. The molecular weight excluding hydrogens is 382 g/mol. The van der Waals surface area contributed by atoms with Crippen LogP contribution in [0.1, 0.15) is 16.1 Å². The second-order valence-corrected chi connectivity index (χ2v) is 6.37. The van der Waals surface area contributed by atoms with Crippen LogP contribution in [0.2, 0.25) is 5.02 Å². The normalized spacial score (nSPS) is 10.5. The largest absolute Gasteiger partial charge is 0.493 e. The molecular formula is C20H20ClN3O4. The number of halogens is 1. The van der Waals surface area contributed by atoms with Gasteiger partial charge in [-0.3, -0.25) is 4.79 Å². The highest BCUT2D eigenvalue weighted by Crippen LogP contribution is 2.38. The Morgan fingerprint density at radius 3 is 2.29 bits per heavy atom. The van der Waals surface area contributed by atoms with Gasteiger partial charge < -0.3 is 19.5 Å². The highest BCUT2D eigenvalue weighted by molar-refractivity contribution is 6.30. The Labute approximate surface area is 167 Å². The van der Waals surface area contributed by atoms with Gasteiger partial charge >= 0.3 is 0 Å². The number of aryl methyl sites for hydroxylation is 1. The fraction of sp³-hybridized carbons (Fsp3) is 0.200. The summed E-state index contributed by atoms with van der Waals surface area (Å²) in [6.07, 6.45) is 0. The first-order valence-electron chi connectivity index (χ1n) is 8.40. The molecule has 1 amide bonds. The minimum Gasteiger partial charge on any atom is -0.493 e. The Morgan fingerprint density at radius 2 is 1.71 bits per heavy atom. The van der Waals surface area contributed by atoms with Crippen LogP contribution >= 0.6 is 11.6 Å². The Balaban J connectivity index is 1.96. The lowest BCUT2D eigenvalue weighted by atomic mass is 10.1. The van der Waals surface area contributed by atoms with E-state index in [9.17, 15) is 4.79 Å². The van der Waals surface area contributed by atoms with Crippen molar-refractivity contribution in [3.8, 4) is 22.9 Å². The van der Waals surface area contributed by atoms with Crippen LogP contribution in [0.4, 0.5) is 5.82 Å². The number of benzene rings is 2. The summed E-state index contributed by atoms with van der Waals surface area (Å²) in [5.41, 5.74) is 1.84. The number of aromatic nitrogens is 2. The van der Waals surface area contributed by atoms with Gasteiger partial charge in [-0.1, -0.05) is 17.7 Å². The van der Waals surface area contributed by atoms with Crippen molar-refractivity contribution in [1.29, 1.82) is 0 Å². The number of nitrogens with one attached hydrogen (secondary N) is 1. The second-order valence-electron chi connectivity index (χ2n) is 5.93. The molecule has 3 aromatic rings. The number of nitrogens with zero attached hydrogens (tertiary/aromatic N) is 2. The Bertz CT molecular complexity index is 991. The number of rotatable bonds is 6. The molecule has 1 aromatic heterocycles. The van der Waals surface area contributed by atoms with E-state index in [0.717, 1.165) is 11.4 Å². The molecule has 0 aliphatic rings. The van der Waals surface area contributed by atoms with Crippen LogP contribution in [0.3, 0.4) is 0 Å². The Kier molecular flexibility index (Phi) is 5.75. The van der Waals surface area contributed by atoms with Crippen molar-refractivity contribution in [3.63, 3.8) is 0 Å². The first kappa shape index (κ1) is 19.6. The van der Waals surface area contributed by atoms with Gasteiger partial charge in [0.2, 0.25) is 5.75 Å². The highest BCUT2D eigenvalue weighted by Gasteiger charge is 2.18. The average molecular weight is 402 g/mol. The van der Waals surface area contributed by atoms with Crippen LogP contribution in [0.15, 0.2) is 42.5 Å². The van der Waals surface area contributed by atoms with Crippen molar-refractivity contribution in [2.24, 2.45) is 0 Å². The summed E-state index contributed by atoms with van der Waals surface area (Å²) in [6, 6.07) is 12.2. The van der Waals surface area contributed by atoms with E-state index in [1.54, 1.807) is 35.0 Å². The van der Waals surface area contributed by atoms with Gasteiger partial charge in [-0.15, -0.1) is 0 Å². The van der Waals surface area contributed by atoms with Gasteiger partial charge in [0.25, 0.3) is 5.91 Å². The lowest BCUT2D eigenvalue weighted by Crippen LogP contribution is -2.15. The van der Waals surface area contributed by atoms with E-state index in [1.807, 2.05) is 19.1 Å². The third-order valence-electron chi connectivity index (χ3n) is 4.05. The fourth-order valence-corrected chi connectivity index (χ4v) is 2.98.